The third-order valence-electron chi connectivity index (χ3n) is 4.73. The van der Waals surface area contributed by atoms with Gasteiger partial charge in [0.1, 0.15) is 11.6 Å². The lowest BCUT2D eigenvalue weighted by Gasteiger charge is -2.23. The number of fused-ring (bicyclic) bond motifs is 1. The van der Waals surface area contributed by atoms with Crippen molar-refractivity contribution < 1.29 is 4.74 Å². The predicted octanol–water partition coefficient (Wildman–Crippen LogP) is 3.82. The molecule has 0 spiro atoms. The summed E-state index contributed by atoms with van der Waals surface area (Å²) >= 11 is 0. The first-order valence-electron chi connectivity index (χ1n) is 8.77. The first-order chi connectivity index (χ1) is 12.2. The molecule has 0 aliphatic heterocycles. The van der Waals surface area contributed by atoms with Crippen LogP contribution in [0, 0.1) is 5.92 Å². The molecule has 4 rings (SSSR count). The molecule has 130 valence electrons. The van der Waals surface area contributed by atoms with E-state index < -0.39 is 0 Å². The number of nitrogens with zero attached hydrogens (tertiary/aromatic N) is 4. The molecule has 0 bridgehead atoms. The molecule has 1 aliphatic carbocycles. The topological polar surface area (TPSA) is 64.3 Å². The van der Waals surface area contributed by atoms with Crippen LogP contribution in [0.5, 0.6) is 5.75 Å². The third-order valence-corrected chi connectivity index (χ3v) is 4.73. The Bertz CT molecular complexity index is 867. The zero-order valence-electron chi connectivity index (χ0n) is 14.8. The Hall–Kier alpha value is -2.63. The molecule has 0 amide bonds. The Morgan fingerprint density at radius 1 is 1.16 bits per heavy atom. The molecule has 6 heteroatoms. The summed E-state index contributed by atoms with van der Waals surface area (Å²) in [6, 6.07) is 8.29. The largest absolute Gasteiger partial charge is 0.497 e. The number of ether oxygens (including phenoxy) is 1. The van der Waals surface area contributed by atoms with E-state index in [0.717, 1.165) is 23.0 Å². The van der Waals surface area contributed by atoms with Crippen LogP contribution in [0.25, 0.3) is 5.65 Å². The summed E-state index contributed by atoms with van der Waals surface area (Å²) in [5.74, 6) is 3.62. The van der Waals surface area contributed by atoms with Crippen LogP contribution in [-0.4, -0.2) is 26.7 Å². The van der Waals surface area contributed by atoms with Gasteiger partial charge in [-0.15, -0.1) is 10.2 Å². The number of anilines is 1. The van der Waals surface area contributed by atoms with Gasteiger partial charge in [-0.2, -0.15) is 0 Å². The molecule has 1 N–H and O–H groups in total. The molecule has 1 aromatic carbocycles. The smallest absolute Gasteiger partial charge is 0.203 e. The quantitative estimate of drug-likeness (QED) is 0.741. The van der Waals surface area contributed by atoms with E-state index in [4.69, 9.17) is 4.74 Å². The second kappa shape index (κ2) is 6.35. The van der Waals surface area contributed by atoms with Crippen LogP contribution >= 0.6 is 0 Å². The molecular weight excluding hydrogens is 314 g/mol. The van der Waals surface area contributed by atoms with E-state index in [9.17, 15) is 0 Å². The van der Waals surface area contributed by atoms with Crippen LogP contribution in [0.3, 0.4) is 0 Å². The summed E-state index contributed by atoms with van der Waals surface area (Å²) in [5.41, 5.74) is 1.99. The van der Waals surface area contributed by atoms with E-state index in [0.29, 0.717) is 11.8 Å². The highest BCUT2D eigenvalue weighted by atomic mass is 16.5. The fourth-order valence-electron chi connectivity index (χ4n) is 3.16. The minimum Gasteiger partial charge on any atom is -0.497 e. The fourth-order valence-corrected chi connectivity index (χ4v) is 3.16. The van der Waals surface area contributed by atoms with Gasteiger partial charge in [-0.05, 0) is 36.5 Å². The summed E-state index contributed by atoms with van der Waals surface area (Å²) in [6.07, 6.45) is 6.17. The molecule has 1 saturated carbocycles. The number of aromatic nitrogens is 4. The first-order valence-corrected chi connectivity index (χ1v) is 8.77. The molecule has 1 fully saturated rings. The van der Waals surface area contributed by atoms with Crippen molar-refractivity contribution in [1.82, 2.24) is 19.6 Å². The van der Waals surface area contributed by atoms with Gasteiger partial charge < -0.3 is 10.1 Å². The highest BCUT2D eigenvalue weighted by Crippen LogP contribution is 2.39. The van der Waals surface area contributed by atoms with Crippen LogP contribution in [0.15, 0.2) is 36.7 Å². The van der Waals surface area contributed by atoms with Crippen molar-refractivity contribution in [2.24, 2.45) is 5.92 Å². The SMILES string of the molecule is COc1ccc(C(Nc2nccn3c(C4CC4)nnc23)C(C)C)cc1. The van der Waals surface area contributed by atoms with Crippen LogP contribution in [0.2, 0.25) is 0 Å². The molecular formula is C19H23N5O. The molecule has 0 saturated heterocycles. The van der Waals surface area contributed by atoms with Crippen molar-refractivity contribution in [2.75, 3.05) is 12.4 Å². The van der Waals surface area contributed by atoms with Crippen LogP contribution in [0.4, 0.5) is 5.82 Å². The van der Waals surface area contributed by atoms with Gasteiger partial charge in [-0.1, -0.05) is 26.0 Å². The Morgan fingerprint density at radius 2 is 1.92 bits per heavy atom. The minimum atomic E-state index is 0.130. The lowest BCUT2D eigenvalue weighted by molar-refractivity contribution is 0.414. The molecule has 1 aliphatic rings. The molecule has 3 aromatic rings. The Labute approximate surface area is 147 Å². The van der Waals surface area contributed by atoms with E-state index in [2.05, 4.69) is 50.9 Å². The van der Waals surface area contributed by atoms with E-state index >= 15 is 0 Å². The van der Waals surface area contributed by atoms with Crippen molar-refractivity contribution in [3.8, 4) is 5.75 Å². The summed E-state index contributed by atoms with van der Waals surface area (Å²) in [6.45, 7) is 4.39. The van der Waals surface area contributed by atoms with Gasteiger partial charge >= 0.3 is 0 Å². The van der Waals surface area contributed by atoms with Crippen LogP contribution in [0.1, 0.15) is 50.0 Å². The van der Waals surface area contributed by atoms with Crippen molar-refractivity contribution in [3.05, 3.63) is 48.0 Å². The summed E-state index contributed by atoms with van der Waals surface area (Å²) in [4.78, 5) is 4.52. The molecule has 0 radical (unpaired) electrons. The number of benzene rings is 1. The van der Waals surface area contributed by atoms with E-state index in [1.807, 2.05) is 24.5 Å². The van der Waals surface area contributed by atoms with Gasteiger partial charge in [-0.25, -0.2) is 4.98 Å². The number of methoxy groups -OCH3 is 1. The van der Waals surface area contributed by atoms with Gasteiger partial charge in [0.25, 0.3) is 0 Å². The van der Waals surface area contributed by atoms with Gasteiger partial charge in [0.15, 0.2) is 5.82 Å². The molecule has 1 atom stereocenters. The highest BCUT2D eigenvalue weighted by molar-refractivity contribution is 5.63. The lowest BCUT2D eigenvalue weighted by Crippen LogP contribution is -2.18. The second-order valence-electron chi connectivity index (χ2n) is 6.94. The maximum Gasteiger partial charge on any atom is 0.203 e. The Kier molecular flexibility index (Phi) is 4.03. The standard InChI is InChI=1S/C19H23N5O/c1-12(2)16(13-6-8-15(25-3)9-7-13)21-17-19-23-22-18(14-4-5-14)24(19)11-10-20-17/h6-12,14,16H,4-5H2,1-3H3,(H,20,21). The molecule has 1 unspecified atom stereocenters. The summed E-state index contributed by atoms with van der Waals surface area (Å²) in [7, 11) is 1.68. The summed E-state index contributed by atoms with van der Waals surface area (Å²) in [5, 5.41) is 12.3. The highest BCUT2D eigenvalue weighted by Gasteiger charge is 2.29. The Morgan fingerprint density at radius 3 is 2.56 bits per heavy atom. The third kappa shape index (κ3) is 3.04. The minimum absolute atomic E-state index is 0.130. The number of hydrogen-bond donors (Lipinski definition) is 1. The van der Waals surface area contributed by atoms with Crippen molar-refractivity contribution in [3.63, 3.8) is 0 Å². The van der Waals surface area contributed by atoms with Gasteiger partial charge in [0, 0.05) is 18.3 Å². The van der Waals surface area contributed by atoms with Gasteiger partial charge in [-0.3, -0.25) is 4.40 Å². The zero-order chi connectivity index (χ0) is 17.4. The van der Waals surface area contributed by atoms with Crippen molar-refractivity contribution >= 4 is 11.5 Å². The van der Waals surface area contributed by atoms with Crippen molar-refractivity contribution in [1.29, 1.82) is 0 Å². The van der Waals surface area contributed by atoms with Gasteiger partial charge in [0.2, 0.25) is 5.65 Å². The van der Waals surface area contributed by atoms with Gasteiger partial charge in [0.05, 0.1) is 13.2 Å². The summed E-state index contributed by atoms with van der Waals surface area (Å²) < 4.78 is 7.33. The maximum absolute atomic E-state index is 5.26. The first kappa shape index (κ1) is 15.9. The maximum atomic E-state index is 5.26. The fraction of sp³-hybridized carbons (Fsp3) is 0.421. The predicted molar refractivity (Wildman–Crippen MR) is 97.0 cm³/mol. The van der Waals surface area contributed by atoms with E-state index in [1.165, 1.54) is 18.4 Å². The van der Waals surface area contributed by atoms with E-state index in [-0.39, 0.29) is 6.04 Å². The molecule has 2 heterocycles. The normalized spacial score (nSPS) is 15.5. The van der Waals surface area contributed by atoms with Crippen LogP contribution in [-0.2, 0) is 0 Å². The average molecular weight is 337 g/mol. The van der Waals surface area contributed by atoms with E-state index in [1.54, 1.807) is 7.11 Å². The molecule has 2 aromatic heterocycles. The number of hydrogen-bond acceptors (Lipinski definition) is 5. The lowest BCUT2D eigenvalue weighted by atomic mass is 9.96. The number of nitrogens with one attached hydrogen (secondary N) is 1. The number of rotatable bonds is 6. The van der Waals surface area contributed by atoms with Crippen molar-refractivity contribution in [2.45, 2.75) is 38.6 Å². The average Bonchev–Trinajstić information content (AvgIpc) is 3.38. The molecule has 6 nitrogen and oxygen atoms in total. The Balaban J connectivity index is 1.67. The zero-order valence-corrected chi connectivity index (χ0v) is 14.8. The monoisotopic (exact) mass is 337 g/mol. The molecule has 25 heavy (non-hydrogen) atoms. The second-order valence-corrected chi connectivity index (χ2v) is 6.94. The van der Waals surface area contributed by atoms with Crippen LogP contribution < -0.4 is 10.1 Å².